The molecule has 7 heterocycles. The summed E-state index contributed by atoms with van der Waals surface area (Å²) in [7, 11) is 0. The van der Waals surface area contributed by atoms with Crippen LogP contribution < -0.4 is 31.8 Å². The van der Waals surface area contributed by atoms with E-state index >= 15 is 0 Å². The van der Waals surface area contributed by atoms with Crippen molar-refractivity contribution in [1.29, 1.82) is 0 Å². The summed E-state index contributed by atoms with van der Waals surface area (Å²) in [5.74, 6) is 1.67. The van der Waals surface area contributed by atoms with Crippen LogP contribution in [0.5, 0.6) is 11.5 Å². The van der Waals surface area contributed by atoms with Gasteiger partial charge in [0.15, 0.2) is 11.0 Å². The summed E-state index contributed by atoms with van der Waals surface area (Å²) < 4.78 is 26.3. The van der Waals surface area contributed by atoms with Crippen LogP contribution in [0.2, 0.25) is 0 Å². The van der Waals surface area contributed by atoms with E-state index in [1.54, 1.807) is 19.9 Å². The van der Waals surface area contributed by atoms with E-state index in [9.17, 15) is 14.7 Å². The number of ether oxygens (including phenoxy) is 3. The van der Waals surface area contributed by atoms with Crippen LogP contribution in [-0.2, 0) is 27.2 Å². The molecule has 1 fully saturated rings. The van der Waals surface area contributed by atoms with Gasteiger partial charge in [-0.05, 0) is 76.3 Å². The number of aromatic nitrogens is 2. The van der Waals surface area contributed by atoms with Gasteiger partial charge in [0.05, 0.1) is 35.3 Å². The molecule has 0 spiro atoms. The molecule has 0 bridgehead atoms. The minimum atomic E-state index is -1.13. The first-order valence-corrected chi connectivity index (χ1v) is 19.7. The summed E-state index contributed by atoms with van der Waals surface area (Å²) in [4.78, 5) is 29.7. The van der Waals surface area contributed by atoms with Gasteiger partial charge >= 0.3 is 5.97 Å². The molecule has 4 aliphatic heterocycles. The molecule has 1 saturated heterocycles. The fraction of sp³-hybridized carbons (Fsp3) is 0.442. The fourth-order valence-corrected chi connectivity index (χ4v) is 8.13. The maximum Gasteiger partial charge on any atom is 0.341 e. The highest BCUT2D eigenvalue weighted by atomic mass is 16.7. The minimum absolute atomic E-state index is 0.0535. The highest BCUT2D eigenvalue weighted by molar-refractivity contribution is 5.87. The first-order chi connectivity index (χ1) is 26.8. The summed E-state index contributed by atoms with van der Waals surface area (Å²) >= 11 is 0. The highest BCUT2D eigenvalue weighted by Gasteiger charge is 2.60. The minimum Gasteiger partial charge on any atom is -0.507 e. The normalized spacial score (nSPS) is 25.2. The van der Waals surface area contributed by atoms with E-state index in [4.69, 9.17) is 24.4 Å². The Bertz CT molecular complexity index is 2330. The van der Waals surface area contributed by atoms with Gasteiger partial charge in [-0.3, -0.25) is 4.79 Å². The number of allylic oxidation sites excluding steroid dienone is 2. The number of nitrogens with two attached hydrogens (primary N) is 1. The average Bonchev–Trinajstić information content (AvgIpc) is 3.38. The number of epoxide rings is 1. The number of hydrogen-bond donors (Lipinski definition) is 6. The SMILES string of the molecule is CCCCCNC1=CC(C2C=C(CC[C@H]3O[C@]3(C)C(=O)O[C@@H]3Cc4c(cc5oc(C)cc(=O)c5c4O)OC3(C)C)C=C(N)N2)=CC(Cn2cc3cc[nH]c3c2)N1. The number of phenols is 1. The van der Waals surface area contributed by atoms with E-state index < -0.39 is 23.3 Å². The highest BCUT2D eigenvalue weighted by Crippen LogP contribution is 2.45. The molecule has 3 aromatic heterocycles. The molecule has 5 atom stereocenters. The number of unbranched alkanes of at least 4 members (excludes halogenated alkanes) is 2. The first-order valence-electron chi connectivity index (χ1n) is 19.7. The molecular formula is C43H52N6O7. The van der Waals surface area contributed by atoms with Crippen molar-refractivity contribution in [3.05, 3.63) is 105 Å². The van der Waals surface area contributed by atoms with Gasteiger partial charge in [-0.2, -0.15) is 0 Å². The van der Waals surface area contributed by atoms with Crippen molar-refractivity contribution >= 4 is 27.8 Å². The number of esters is 1. The van der Waals surface area contributed by atoms with Crippen molar-refractivity contribution in [1.82, 2.24) is 25.5 Å². The summed E-state index contributed by atoms with van der Waals surface area (Å²) in [5, 5.41) is 23.1. The molecule has 56 heavy (non-hydrogen) atoms. The van der Waals surface area contributed by atoms with E-state index in [1.807, 2.05) is 26.1 Å². The molecule has 4 aromatic rings. The van der Waals surface area contributed by atoms with Crippen LogP contribution in [0.1, 0.15) is 71.1 Å². The third-order valence-electron chi connectivity index (χ3n) is 11.4. The number of aromatic amines is 1. The predicted octanol–water partition coefficient (Wildman–Crippen LogP) is 5.57. The maximum atomic E-state index is 13.7. The van der Waals surface area contributed by atoms with Crippen LogP contribution >= 0.6 is 0 Å². The molecule has 0 radical (unpaired) electrons. The lowest BCUT2D eigenvalue weighted by molar-refractivity contribution is -0.167. The van der Waals surface area contributed by atoms with Crippen LogP contribution in [0, 0.1) is 6.92 Å². The number of aromatic hydroxyl groups is 1. The Kier molecular flexibility index (Phi) is 9.68. The Balaban J connectivity index is 0.930. The van der Waals surface area contributed by atoms with Gasteiger partial charge in [0.25, 0.3) is 0 Å². The lowest BCUT2D eigenvalue weighted by Crippen LogP contribution is -2.50. The van der Waals surface area contributed by atoms with Gasteiger partial charge in [0.2, 0.25) is 0 Å². The lowest BCUT2D eigenvalue weighted by Gasteiger charge is -2.39. The van der Waals surface area contributed by atoms with Crippen LogP contribution in [0.15, 0.2) is 93.1 Å². The Morgan fingerprint density at radius 2 is 1.98 bits per heavy atom. The van der Waals surface area contributed by atoms with Crippen LogP contribution in [-0.4, -0.2) is 62.7 Å². The number of nitrogens with one attached hydrogen (secondary N) is 4. The summed E-state index contributed by atoms with van der Waals surface area (Å²) in [6, 6.07) is 4.95. The second-order valence-electron chi connectivity index (χ2n) is 16.2. The molecule has 2 unspecified atom stereocenters. The van der Waals surface area contributed by atoms with Crippen molar-refractivity contribution in [2.75, 3.05) is 6.54 Å². The molecule has 13 nitrogen and oxygen atoms in total. The summed E-state index contributed by atoms with van der Waals surface area (Å²) in [6.07, 6.45) is 18.6. The van der Waals surface area contributed by atoms with Crippen LogP contribution in [0.4, 0.5) is 0 Å². The van der Waals surface area contributed by atoms with Gasteiger partial charge in [-0.25, -0.2) is 4.79 Å². The Labute approximate surface area is 325 Å². The summed E-state index contributed by atoms with van der Waals surface area (Å²) in [6.45, 7) is 10.9. The predicted molar refractivity (Wildman–Crippen MR) is 214 cm³/mol. The van der Waals surface area contributed by atoms with Gasteiger partial charge < -0.3 is 55.0 Å². The zero-order valence-electron chi connectivity index (χ0n) is 32.7. The third kappa shape index (κ3) is 7.39. The van der Waals surface area contributed by atoms with Crippen molar-refractivity contribution < 1.29 is 28.5 Å². The monoisotopic (exact) mass is 764 g/mol. The van der Waals surface area contributed by atoms with E-state index in [0.717, 1.165) is 48.4 Å². The van der Waals surface area contributed by atoms with Gasteiger partial charge in [-0.15, -0.1) is 0 Å². The number of carbonyl (C=O) groups excluding carboxylic acids is 1. The second-order valence-corrected chi connectivity index (χ2v) is 16.2. The third-order valence-corrected chi connectivity index (χ3v) is 11.4. The first kappa shape index (κ1) is 37.4. The van der Waals surface area contributed by atoms with Crippen molar-refractivity contribution in [2.24, 2.45) is 5.73 Å². The lowest BCUT2D eigenvalue weighted by atomic mass is 9.89. The Hall–Kier alpha value is -5.56. The molecule has 7 N–H and O–H groups in total. The van der Waals surface area contributed by atoms with Crippen LogP contribution in [0.3, 0.4) is 0 Å². The molecule has 4 aliphatic rings. The van der Waals surface area contributed by atoms with Crippen molar-refractivity contribution in [3.63, 3.8) is 0 Å². The molecular weight excluding hydrogens is 713 g/mol. The van der Waals surface area contributed by atoms with Gasteiger partial charge in [0.1, 0.15) is 39.9 Å². The zero-order valence-corrected chi connectivity index (χ0v) is 32.7. The number of carbonyl (C=O) groups is 1. The van der Waals surface area contributed by atoms with Gasteiger partial charge in [0, 0.05) is 61.2 Å². The number of H-pyrrole nitrogens is 1. The fourth-order valence-electron chi connectivity index (χ4n) is 8.13. The quantitative estimate of drug-likeness (QED) is 0.0569. The molecule has 0 amide bonds. The summed E-state index contributed by atoms with van der Waals surface area (Å²) in [5.41, 5.74) is 7.98. The van der Waals surface area contributed by atoms with Crippen molar-refractivity contribution in [3.8, 4) is 11.5 Å². The molecule has 296 valence electrons. The Morgan fingerprint density at radius 1 is 1.14 bits per heavy atom. The molecule has 8 rings (SSSR count). The Morgan fingerprint density at radius 3 is 2.79 bits per heavy atom. The van der Waals surface area contributed by atoms with E-state index in [0.29, 0.717) is 35.7 Å². The zero-order chi connectivity index (χ0) is 39.4. The standard InChI is InChI=1S/C43H52N6O7/c1-6-7-8-12-46-38-18-27(17-28(47-38)22-49-21-26-11-13-45-31(26)23-49)30-15-25(16-37(44)48-30)9-10-35-43(5,56-35)41(52)54-36-19-29-33(55-42(36,3)4)20-34-39(40(29)51)32(50)14-24(2)53-34/h11,13-18,20-21,23,28,30,35-36,45-48,51H,6-10,12,19,22,44H2,1-5H3/t28?,30?,35-,36-,43+/m1/s1. The van der Waals surface area contributed by atoms with E-state index in [2.05, 4.69) is 69.1 Å². The number of hydrogen-bond acceptors (Lipinski definition) is 11. The van der Waals surface area contributed by atoms with Gasteiger partial charge in [-0.1, -0.05) is 31.9 Å². The maximum absolute atomic E-state index is 13.7. The number of dihydropyridines is 2. The number of benzene rings is 1. The molecule has 0 saturated carbocycles. The second kappa shape index (κ2) is 14.5. The number of fused-ring (bicyclic) bond motifs is 3. The van der Waals surface area contributed by atoms with Crippen LogP contribution in [0.25, 0.3) is 21.9 Å². The molecule has 0 aliphatic carbocycles. The molecule has 1 aromatic carbocycles. The number of phenolic OH excluding ortho intramolecular Hbond substituents is 1. The smallest absolute Gasteiger partial charge is 0.341 e. The average molecular weight is 765 g/mol. The number of rotatable bonds is 13. The number of aryl methyl sites for hydroxylation is 1. The van der Waals surface area contributed by atoms with E-state index in [1.165, 1.54) is 17.9 Å². The topological polar surface area (TPSA) is 181 Å². The van der Waals surface area contributed by atoms with Crippen molar-refractivity contribution in [2.45, 2.75) is 115 Å². The molecule has 13 heteroatoms. The van der Waals surface area contributed by atoms with E-state index in [-0.39, 0.29) is 46.8 Å². The number of nitrogens with zero attached hydrogens (tertiary/aromatic N) is 1. The largest absolute Gasteiger partial charge is 0.507 e.